The number of rotatable bonds is 4. The van der Waals surface area contributed by atoms with Crippen molar-refractivity contribution in [2.75, 3.05) is 12.4 Å². The highest BCUT2D eigenvalue weighted by atomic mass is 19.1. The molecule has 1 N–H and O–H groups in total. The summed E-state index contributed by atoms with van der Waals surface area (Å²) >= 11 is 0. The van der Waals surface area contributed by atoms with E-state index >= 15 is 0 Å². The molecule has 0 radical (unpaired) electrons. The van der Waals surface area contributed by atoms with Crippen LogP contribution in [0.4, 0.5) is 10.1 Å². The summed E-state index contributed by atoms with van der Waals surface area (Å²) in [5.74, 6) is 1.10. The molecule has 2 heterocycles. The molecule has 2 aromatic carbocycles. The maximum atomic E-state index is 13.3. The number of methoxy groups -OCH3 is 1. The Morgan fingerprint density at radius 1 is 1.19 bits per heavy atom. The summed E-state index contributed by atoms with van der Waals surface area (Å²) in [6.45, 7) is 0.325. The van der Waals surface area contributed by atoms with Crippen LogP contribution in [0.2, 0.25) is 0 Å². The van der Waals surface area contributed by atoms with Crippen LogP contribution >= 0.6 is 0 Å². The molecule has 0 aliphatic heterocycles. The van der Waals surface area contributed by atoms with Gasteiger partial charge in [-0.3, -0.25) is 13.8 Å². The smallest absolute Gasteiger partial charge is 0.262 e. The van der Waals surface area contributed by atoms with Crippen molar-refractivity contribution >= 4 is 22.4 Å². The van der Waals surface area contributed by atoms with Gasteiger partial charge in [-0.2, -0.15) is 0 Å². The Balaban J connectivity index is 1.80. The average molecular weight is 353 g/mol. The second-order valence-corrected chi connectivity index (χ2v) is 5.83. The van der Waals surface area contributed by atoms with Gasteiger partial charge in [-0.1, -0.05) is 12.1 Å². The van der Waals surface area contributed by atoms with Crippen LogP contribution in [-0.2, 0) is 13.6 Å². The van der Waals surface area contributed by atoms with Crippen molar-refractivity contribution in [3.05, 3.63) is 64.5 Å². The molecule has 0 saturated heterocycles. The first-order valence-corrected chi connectivity index (χ1v) is 7.99. The SMILES string of the molecule is COc1cc(F)ccc1NCc1nnc2n(C)c(=O)c3ccccc3n12. The predicted molar refractivity (Wildman–Crippen MR) is 96.0 cm³/mol. The normalized spacial score (nSPS) is 11.2. The van der Waals surface area contributed by atoms with Crippen LogP contribution in [0.5, 0.6) is 5.75 Å². The van der Waals surface area contributed by atoms with E-state index in [1.807, 2.05) is 22.6 Å². The van der Waals surface area contributed by atoms with Crippen LogP contribution in [0, 0.1) is 5.82 Å². The summed E-state index contributed by atoms with van der Waals surface area (Å²) in [6, 6.07) is 11.6. The molecule has 8 heteroatoms. The highest BCUT2D eigenvalue weighted by Gasteiger charge is 2.14. The Bertz CT molecular complexity index is 1180. The minimum Gasteiger partial charge on any atom is -0.494 e. The largest absolute Gasteiger partial charge is 0.494 e. The maximum Gasteiger partial charge on any atom is 0.262 e. The molecule has 0 bridgehead atoms. The van der Waals surface area contributed by atoms with E-state index in [1.165, 1.54) is 23.8 Å². The van der Waals surface area contributed by atoms with Gasteiger partial charge < -0.3 is 10.1 Å². The van der Waals surface area contributed by atoms with E-state index < -0.39 is 0 Å². The lowest BCUT2D eigenvalue weighted by molar-refractivity contribution is 0.413. The quantitative estimate of drug-likeness (QED) is 0.610. The number of hydrogen-bond acceptors (Lipinski definition) is 5. The lowest BCUT2D eigenvalue weighted by Crippen LogP contribution is -2.20. The summed E-state index contributed by atoms with van der Waals surface area (Å²) in [5, 5.41) is 12.1. The summed E-state index contributed by atoms with van der Waals surface area (Å²) in [7, 11) is 3.15. The second kappa shape index (κ2) is 6.14. The fourth-order valence-corrected chi connectivity index (χ4v) is 2.99. The first-order valence-electron chi connectivity index (χ1n) is 7.99. The number of para-hydroxylation sites is 1. The van der Waals surface area contributed by atoms with Gasteiger partial charge in [-0.05, 0) is 24.3 Å². The predicted octanol–water partition coefficient (Wildman–Crippen LogP) is 2.34. The first kappa shape index (κ1) is 16.1. The fraction of sp³-hybridized carbons (Fsp3) is 0.167. The summed E-state index contributed by atoms with van der Waals surface area (Å²) in [6.07, 6.45) is 0. The molecule has 0 atom stereocenters. The van der Waals surface area contributed by atoms with E-state index in [1.54, 1.807) is 19.2 Å². The van der Waals surface area contributed by atoms with Gasteiger partial charge >= 0.3 is 0 Å². The molecular formula is C18H16FN5O2. The van der Waals surface area contributed by atoms with Crippen molar-refractivity contribution < 1.29 is 9.13 Å². The van der Waals surface area contributed by atoms with Gasteiger partial charge in [-0.15, -0.1) is 10.2 Å². The van der Waals surface area contributed by atoms with E-state index in [-0.39, 0.29) is 11.4 Å². The van der Waals surface area contributed by atoms with Gasteiger partial charge in [0.2, 0.25) is 5.78 Å². The summed E-state index contributed by atoms with van der Waals surface area (Å²) < 4.78 is 21.8. The first-order chi connectivity index (χ1) is 12.6. The molecule has 4 aromatic rings. The zero-order chi connectivity index (χ0) is 18.3. The fourth-order valence-electron chi connectivity index (χ4n) is 2.99. The van der Waals surface area contributed by atoms with Crippen LogP contribution in [0.1, 0.15) is 5.82 Å². The van der Waals surface area contributed by atoms with Gasteiger partial charge in [0, 0.05) is 13.1 Å². The third-order valence-corrected chi connectivity index (χ3v) is 4.29. The van der Waals surface area contributed by atoms with E-state index in [9.17, 15) is 9.18 Å². The zero-order valence-corrected chi connectivity index (χ0v) is 14.2. The Morgan fingerprint density at radius 3 is 2.81 bits per heavy atom. The number of halogens is 1. The summed E-state index contributed by atoms with van der Waals surface area (Å²) in [5.41, 5.74) is 1.25. The maximum absolute atomic E-state index is 13.3. The Hall–Kier alpha value is -3.42. The minimum absolute atomic E-state index is 0.125. The number of fused-ring (bicyclic) bond motifs is 3. The molecule has 0 aliphatic carbocycles. The van der Waals surface area contributed by atoms with E-state index in [0.29, 0.717) is 35.0 Å². The Morgan fingerprint density at radius 2 is 2.00 bits per heavy atom. The average Bonchev–Trinajstić information content (AvgIpc) is 3.09. The number of hydrogen-bond donors (Lipinski definition) is 1. The number of anilines is 1. The molecule has 0 amide bonds. The molecule has 132 valence electrons. The van der Waals surface area contributed by atoms with Gasteiger partial charge in [0.25, 0.3) is 5.56 Å². The highest BCUT2D eigenvalue weighted by Crippen LogP contribution is 2.25. The van der Waals surface area contributed by atoms with E-state index in [0.717, 1.165) is 5.52 Å². The van der Waals surface area contributed by atoms with Crippen molar-refractivity contribution in [3.8, 4) is 5.75 Å². The number of aryl methyl sites for hydroxylation is 1. The van der Waals surface area contributed by atoms with Crippen LogP contribution in [0.3, 0.4) is 0 Å². The number of ether oxygens (including phenoxy) is 1. The molecule has 0 saturated carbocycles. The van der Waals surface area contributed by atoms with Gasteiger partial charge in [-0.25, -0.2) is 4.39 Å². The highest BCUT2D eigenvalue weighted by molar-refractivity contribution is 5.80. The van der Waals surface area contributed by atoms with Crippen molar-refractivity contribution in [2.24, 2.45) is 7.05 Å². The number of benzene rings is 2. The van der Waals surface area contributed by atoms with Gasteiger partial charge in [0.15, 0.2) is 5.82 Å². The van der Waals surface area contributed by atoms with E-state index in [4.69, 9.17) is 4.74 Å². The lowest BCUT2D eigenvalue weighted by Gasteiger charge is -2.11. The van der Waals surface area contributed by atoms with E-state index in [2.05, 4.69) is 15.5 Å². The molecule has 7 nitrogen and oxygen atoms in total. The molecule has 0 unspecified atom stereocenters. The van der Waals surface area contributed by atoms with Crippen LogP contribution < -0.4 is 15.6 Å². The van der Waals surface area contributed by atoms with Crippen LogP contribution in [0.15, 0.2) is 47.3 Å². The lowest BCUT2D eigenvalue weighted by atomic mass is 10.2. The molecule has 0 spiro atoms. The minimum atomic E-state index is -0.374. The molecular weight excluding hydrogens is 337 g/mol. The third kappa shape index (κ3) is 2.46. The number of nitrogens with one attached hydrogen (secondary N) is 1. The summed E-state index contributed by atoms with van der Waals surface area (Å²) in [4.78, 5) is 12.5. The number of aromatic nitrogens is 4. The van der Waals surface area contributed by atoms with Crippen molar-refractivity contribution in [1.82, 2.24) is 19.2 Å². The topological polar surface area (TPSA) is 73.4 Å². The van der Waals surface area contributed by atoms with Crippen molar-refractivity contribution in [1.29, 1.82) is 0 Å². The van der Waals surface area contributed by atoms with Crippen LogP contribution in [-0.4, -0.2) is 26.3 Å². The second-order valence-electron chi connectivity index (χ2n) is 5.83. The van der Waals surface area contributed by atoms with Crippen molar-refractivity contribution in [2.45, 2.75) is 6.54 Å². The molecule has 2 aromatic heterocycles. The molecule has 0 fully saturated rings. The monoisotopic (exact) mass is 353 g/mol. The van der Waals surface area contributed by atoms with Crippen molar-refractivity contribution in [3.63, 3.8) is 0 Å². The van der Waals surface area contributed by atoms with Crippen LogP contribution in [0.25, 0.3) is 16.7 Å². The standard InChI is InChI=1S/C18H16FN5O2/c1-23-17(25)12-5-3-4-6-14(12)24-16(21-22-18(23)24)10-20-13-8-7-11(19)9-15(13)26-2/h3-9,20H,10H2,1-2H3. The zero-order valence-electron chi connectivity index (χ0n) is 14.2. The number of nitrogens with zero attached hydrogens (tertiary/aromatic N) is 4. The Labute approximate surface area is 147 Å². The Kier molecular flexibility index (Phi) is 3.80. The third-order valence-electron chi connectivity index (χ3n) is 4.29. The molecule has 4 rings (SSSR count). The molecule has 0 aliphatic rings. The van der Waals surface area contributed by atoms with Gasteiger partial charge in [0.05, 0.1) is 30.2 Å². The van der Waals surface area contributed by atoms with Gasteiger partial charge in [0.1, 0.15) is 11.6 Å². The molecule has 26 heavy (non-hydrogen) atoms.